The van der Waals surface area contributed by atoms with Crippen molar-refractivity contribution in [3.8, 4) is 0 Å². The fraction of sp³-hybridized carbons (Fsp3) is 0.429. The van der Waals surface area contributed by atoms with Crippen molar-refractivity contribution in [3.05, 3.63) is 29.8 Å². The van der Waals surface area contributed by atoms with Crippen LogP contribution in [0.2, 0.25) is 0 Å². The summed E-state index contributed by atoms with van der Waals surface area (Å²) in [5.41, 5.74) is 0.0981. The van der Waals surface area contributed by atoms with Gasteiger partial charge in [0.1, 0.15) is 0 Å². The summed E-state index contributed by atoms with van der Waals surface area (Å²) in [5.74, 6) is -1.43. The van der Waals surface area contributed by atoms with Gasteiger partial charge in [-0.05, 0) is 12.1 Å². The predicted octanol–water partition coefficient (Wildman–Crippen LogP) is 0.406. The molecule has 1 aromatic carbocycles. The van der Waals surface area contributed by atoms with Crippen molar-refractivity contribution in [2.75, 3.05) is 26.0 Å². The van der Waals surface area contributed by atoms with E-state index in [2.05, 4.69) is 0 Å². The highest BCUT2D eigenvalue weighted by Crippen LogP contribution is 2.19. The van der Waals surface area contributed by atoms with Gasteiger partial charge in [0.25, 0.3) is 5.91 Å². The molecular weight excluding hydrogens is 310 g/mol. The molecule has 0 aromatic heterocycles. The van der Waals surface area contributed by atoms with Crippen LogP contribution < -0.4 is 0 Å². The number of benzene rings is 1. The second kappa shape index (κ2) is 6.45. The Balaban J connectivity index is 2.23. The molecule has 1 saturated heterocycles. The highest BCUT2D eigenvalue weighted by Gasteiger charge is 2.29. The molecule has 1 aromatic rings. The number of ether oxygens (including phenoxy) is 1. The second-order valence-electron chi connectivity index (χ2n) is 5.11. The number of nitrogens with zero attached hydrogens (tertiary/aromatic N) is 1. The molecule has 7 nitrogen and oxygen atoms in total. The fourth-order valence-corrected chi connectivity index (χ4v) is 3.24. The van der Waals surface area contributed by atoms with E-state index in [1.54, 1.807) is 12.1 Å². The number of hydrogen-bond acceptors (Lipinski definition) is 5. The monoisotopic (exact) mass is 327 g/mol. The van der Waals surface area contributed by atoms with Crippen LogP contribution in [-0.4, -0.2) is 62.4 Å². The molecule has 0 spiro atoms. The van der Waals surface area contributed by atoms with Crippen molar-refractivity contribution in [2.24, 2.45) is 0 Å². The van der Waals surface area contributed by atoms with Crippen molar-refractivity contribution in [2.45, 2.75) is 17.4 Å². The molecule has 1 amide bonds. The number of carbonyl (C=O) groups excluding carboxylic acids is 1. The minimum absolute atomic E-state index is 0.0266. The average molecular weight is 327 g/mol. The van der Waals surface area contributed by atoms with Gasteiger partial charge >= 0.3 is 5.97 Å². The van der Waals surface area contributed by atoms with Crippen LogP contribution in [0.3, 0.4) is 0 Å². The first kappa shape index (κ1) is 16.4. The fourth-order valence-electron chi connectivity index (χ4n) is 2.36. The lowest BCUT2D eigenvalue weighted by Gasteiger charge is -2.32. The molecule has 2 rings (SSSR count). The van der Waals surface area contributed by atoms with Crippen LogP contribution in [0.4, 0.5) is 0 Å². The number of carbonyl (C=O) groups is 2. The van der Waals surface area contributed by atoms with E-state index in [4.69, 9.17) is 9.84 Å². The number of morpholine rings is 1. The topological polar surface area (TPSA) is 101 Å². The zero-order valence-electron chi connectivity index (χ0n) is 12.1. The summed E-state index contributed by atoms with van der Waals surface area (Å²) in [6.45, 7) is 0.654. The molecule has 8 heteroatoms. The lowest BCUT2D eigenvalue weighted by Crippen LogP contribution is -2.46. The quantitative estimate of drug-likeness (QED) is 0.859. The number of rotatable bonds is 4. The van der Waals surface area contributed by atoms with Gasteiger partial charge in [0.2, 0.25) is 0 Å². The van der Waals surface area contributed by atoms with E-state index in [1.807, 2.05) is 0 Å². The van der Waals surface area contributed by atoms with Gasteiger partial charge in [-0.25, -0.2) is 8.42 Å². The highest BCUT2D eigenvalue weighted by atomic mass is 32.2. The van der Waals surface area contributed by atoms with E-state index in [0.717, 1.165) is 6.26 Å². The summed E-state index contributed by atoms with van der Waals surface area (Å²) in [5, 5.41) is 8.80. The van der Waals surface area contributed by atoms with Gasteiger partial charge in [-0.2, -0.15) is 0 Å². The summed E-state index contributed by atoms with van der Waals surface area (Å²) in [7, 11) is -3.52. The summed E-state index contributed by atoms with van der Waals surface area (Å²) in [4.78, 5) is 24.7. The van der Waals surface area contributed by atoms with Gasteiger partial charge in [-0.15, -0.1) is 0 Å². The molecule has 1 unspecified atom stereocenters. The van der Waals surface area contributed by atoms with Crippen LogP contribution in [0, 0.1) is 0 Å². The van der Waals surface area contributed by atoms with Crippen LogP contribution in [0.25, 0.3) is 0 Å². The highest BCUT2D eigenvalue weighted by molar-refractivity contribution is 7.90. The standard InChI is InChI=1S/C14H17NO6S/c1-22(19,20)12-5-3-2-4-11(12)14(18)15-6-7-21-10(9-15)8-13(16)17/h2-5,10H,6-9H2,1H3,(H,16,17). The minimum atomic E-state index is -3.52. The average Bonchev–Trinajstić information content (AvgIpc) is 2.45. The van der Waals surface area contributed by atoms with E-state index in [1.165, 1.54) is 17.0 Å². The Morgan fingerprint density at radius 3 is 2.68 bits per heavy atom. The number of hydrogen-bond donors (Lipinski definition) is 1. The molecule has 1 aliphatic rings. The minimum Gasteiger partial charge on any atom is -0.481 e. The van der Waals surface area contributed by atoms with Crippen LogP contribution in [0.1, 0.15) is 16.8 Å². The largest absolute Gasteiger partial charge is 0.481 e. The second-order valence-corrected chi connectivity index (χ2v) is 7.09. The van der Waals surface area contributed by atoms with Crippen molar-refractivity contribution in [3.63, 3.8) is 0 Å². The third kappa shape index (κ3) is 3.83. The van der Waals surface area contributed by atoms with Gasteiger partial charge in [0.05, 0.1) is 29.6 Å². The Labute approximate surface area is 128 Å². The van der Waals surface area contributed by atoms with Crippen LogP contribution in [0.5, 0.6) is 0 Å². The number of carboxylic acids is 1. The van der Waals surface area contributed by atoms with Crippen molar-refractivity contribution < 1.29 is 27.9 Å². The Morgan fingerprint density at radius 1 is 1.36 bits per heavy atom. The van der Waals surface area contributed by atoms with E-state index in [9.17, 15) is 18.0 Å². The van der Waals surface area contributed by atoms with Gasteiger partial charge < -0.3 is 14.7 Å². The Morgan fingerprint density at radius 2 is 2.05 bits per heavy atom. The van der Waals surface area contributed by atoms with Gasteiger partial charge in [0, 0.05) is 19.3 Å². The third-order valence-corrected chi connectivity index (χ3v) is 4.50. The molecule has 0 saturated carbocycles. The third-order valence-electron chi connectivity index (χ3n) is 3.35. The molecule has 1 aliphatic heterocycles. The van der Waals surface area contributed by atoms with E-state index in [-0.39, 0.29) is 30.0 Å². The zero-order valence-corrected chi connectivity index (χ0v) is 12.9. The van der Waals surface area contributed by atoms with E-state index in [0.29, 0.717) is 6.54 Å². The number of amides is 1. The van der Waals surface area contributed by atoms with Crippen LogP contribution in [0.15, 0.2) is 29.2 Å². The van der Waals surface area contributed by atoms with Crippen LogP contribution in [-0.2, 0) is 19.4 Å². The summed E-state index contributed by atoms with van der Waals surface area (Å²) in [6.07, 6.45) is 0.268. The molecule has 120 valence electrons. The molecule has 22 heavy (non-hydrogen) atoms. The summed E-state index contributed by atoms with van der Waals surface area (Å²) in [6, 6.07) is 5.99. The normalized spacial score (nSPS) is 19.0. The molecule has 1 N–H and O–H groups in total. The maximum absolute atomic E-state index is 12.6. The Kier molecular flexibility index (Phi) is 4.82. The lowest BCUT2D eigenvalue weighted by molar-refractivity contribution is -0.141. The molecular formula is C14H17NO6S. The first-order valence-electron chi connectivity index (χ1n) is 6.71. The summed E-state index contributed by atoms with van der Waals surface area (Å²) < 4.78 is 28.9. The molecule has 0 aliphatic carbocycles. The predicted molar refractivity (Wildman–Crippen MR) is 77.4 cm³/mol. The number of aliphatic carboxylic acids is 1. The first-order valence-corrected chi connectivity index (χ1v) is 8.60. The number of carboxylic acid groups (broad SMARTS) is 1. The van der Waals surface area contributed by atoms with Gasteiger partial charge in [-0.3, -0.25) is 9.59 Å². The van der Waals surface area contributed by atoms with Crippen LogP contribution >= 0.6 is 0 Å². The molecule has 1 heterocycles. The zero-order chi connectivity index (χ0) is 16.3. The van der Waals surface area contributed by atoms with Gasteiger partial charge in [-0.1, -0.05) is 12.1 Å². The van der Waals surface area contributed by atoms with Crippen molar-refractivity contribution in [1.29, 1.82) is 0 Å². The Hall–Kier alpha value is -1.93. The van der Waals surface area contributed by atoms with Crippen molar-refractivity contribution >= 4 is 21.7 Å². The van der Waals surface area contributed by atoms with E-state index >= 15 is 0 Å². The summed E-state index contributed by atoms with van der Waals surface area (Å²) >= 11 is 0. The van der Waals surface area contributed by atoms with Gasteiger partial charge in [0.15, 0.2) is 9.84 Å². The first-order chi connectivity index (χ1) is 10.3. The SMILES string of the molecule is CS(=O)(=O)c1ccccc1C(=O)N1CCOC(CC(=O)O)C1. The molecule has 1 atom stereocenters. The maximum atomic E-state index is 12.6. The number of sulfone groups is 1. The smallest absolute Gasteiger partial charge is 0.306 e. The molecule has 0 bridgehead atoms. The Bertz CT molecular complexity index is 684. The lowest BCUT2D eigenvalue weighted by atomic mass is 10.1. The molecule has 0 radical (unpaired) electrons. The van der Waals surface area contributed by atoms with Crippen molar-refractivity contribution in [1.82, 2.24) is 4.90 Å². The maximum Gasteiger partial charge on any atom is 0.306 e. The molecule has 1 fully saturated rings. The van der Waals surface area contributed by atoms with E-state index < -0.39 is 27.8 Å².